The van der Waals surface area contributed by atoms with Crippen LogP contribution in [0.15, 0.2) is 11.6 Å². The van der Waals surface area contributed by atoms with Gasteiger partial charge in [0.2, 0.25) is 0 Å². The zero-order chi connectivity index (χ0) is 11.3. The first-order valence-corrected chi connectivity index (χ1v) is 5.84. The SMILES string of the molecule is CN(C)CC(C)(O)CNCc1nccs1. The topological polar surface area (TPSA) is 48.4 Å². The van der Waals surface area contributed by atoms with Crippen molar-refractivity contribution in [2.45, 2.75) is 19.1 Å². The van der Waals surface area contributed by atoms with Crippen LogP contribution in [0.4, 0.5) is 0 Å². The van der Waals surface area contributed by atoms with Crippen LogP contribution in [-0.4, -0.2) is 47.8 Å². The number of rotatable bonds is 6. The summed E-state index contributed by atoms with van der Waals surface area (Å²) in [5.41, 5.74) is -0.694. The van der Waals surface area contributed by atoms with E-state index >= 15 is 0 Å². The van der Waals surface area contributed by atoms with E-state index in [1.807, 2.05) is 31.3 Å². The Bertz CT molecular complexity index is 272. The molecule has 0 radical (unpaired) electrons. The third-order valence-electron chi connectivity index (χ3n) is 1.92. The van der Waals surface area contributed by atoms with Gasteiger partial charge in [0.25, 0.3) is 0 Å². The van der Waals surface area contributed by atoms with Gasteiger partial charge < -0.3 is 15.3 Å². The van der Waals surface area contributed by atoms with E-state index in [1.54, 1.807) is 17.5 Å². The van der Waals surface area contributed by atoms with Gasteiger partial charge in [-0.25, -0.2) is 4.98 Å². The number of aliphatic hydroxyl groups is 1. The molecule has 15 heavy (non-hydrogen) atoms. The molecule has 0 bridgehead atoms. The minimum Gasteiger partial charge on any atom is -0.388 e. The van der Waals surface area contributed by atoms with Crippen LogP contribution in [0.3, 0.4) is 0 Å². The Labute approximate surface area is 94.9 Å². The molecule has 2 N–H and O–H groups in total. The number of aromatic nitrogens is 1. The van der Waals surface area contributed by atoms with Crippen LogP contribution in [0.2, 0.25) is 0 Å². The average molecular weight is 229 g/mol. The maximum atomic E-state index is 9.99. The lowest BCUT2D eigenvalue weighted by Crippen LogP contribution is -2.45. The van der Waals surface area contributed by atoms with Crippen molar-refractivity contribution < 1.29 is 5.11 Å². The summed E-state index contributed by atoms with van der Waals surface area (Å²) in [5.74, 6) is 0. The van der Waals surface area contributed by atoms with Gasteiger partial charge >= 0.3 is 0 Å². The zero-order valence-electron chi connectivity index (χ0n) is 9.53. The maximum absolute atomic E-state index is 9.99. The summed E-state index contributed by atoms with van der Waals surface area (Å²) in [6, 6.07) is 0. The summed E-state index contributed by atoms with van der Waals surface area (Å²) in [6.45, 7) is 3.78. The Morgan fingerprint density at radius 3 is 2.87 bits per heavy atom. The van der Waals surface area contributed by atoms with E-state index in [9.17, 15) is 5.11 Å². The van der Waals surface area contributed by atoms with Crippen molar-refractivity contribution >= 4 is 11.3 Å². The van der Waals surface area contributed by atoms with Crippen molar-refractivity contribution in [1.82, 2.24) is 15.2 Å². The van der Waals surface area contributed by atoms with Gasteiger partial charge in [0, 0.05) is 31.2 Å². The summed E-state index contributed by atoms with van der Waals surface area (Å²) in [5, 5.41) is 16.2. The largest absolute Gasteiger partial charge is 0.388 e. The Morgan fingerprint density at radius 1 is 1.60 bits per heavy atom. The predicted octanol–water partition coefficient (Wildman–Crippen LogP) is 0.545. The second-order valence-electron chi connectivity index (χ2n) is 4.26. The highest BCUT2D eigenvalue weighted by Crippen LogP contribution is 2.05. The number of hydrogen-bond donors (Lipinski definition) is 2. The smallest absolute Gasteiger partial charge is 0.106 e. The molecule has 0 aliphatic rings. The molecule has 1 unspecified atom stereocenters. The van der Waals surface area contributed by atoms with Crippen LogP contribution in [0, 0.1) is 0 Å². The van der Waals surface area contributed by atoms with Gasteiger partial charge in [0.05, 0.1) is 5.60 Å². The second kappa shape index (κ2) is 5.55. The molecule has 0 aliphatic heterocycles. The number of thiazole rings is 1. The summed E-state index contributed by atoms with van der Waals surface area (Å²) in [6.07, 6.45) is 1.79. The molecule has 0 aliphatic carbocycles. The Hall–Kier alpha value is -0.490. The number of hydrogen-bond acceptors (Lipinski definition) is 5. The zero-order valence-corrected chi connectivity index (χ0v) is 10.3. The average Bonchev–Trinajstić information content (AvgIpc) is 2.53. The molecule has 0 amide bonds. The first-order chi connectivity index (χ1) is 6.99. The monoisotopic (exact) mass is 229 g/mol. The van der Waals surface area contributed by atoms with Crippen molar-refractivity contribution in [2.24, 2.45) is 0 Å². The standard InChI is InChI=1S/C10H19N3OS/c1-10(14,8-13(2)3)7-11-6-9-12-4-5-15-9/h4-5,11,14H,6-8H2,1-3H3. The highest BCUT2D eigenvalue weighted by Gasteiger charge is 2.20. The van der Waals surface area contributed by atoms with E-state index in [-0.39, 0.29) is 0 Å². The normalized spacial score (nSPS) is 15.5. The lowest BCUT2D eigenvalue weighted by Gasteiger charge is -2.27. The van der Waals surface area contributed by atoms with E-state index in [1.165, 1.54) is 0 Å². The minimum absolute atomic E-state index is 0.574. The predicted molar refractivity (Wildman–Crippen MR) is 63.0 cm³/mol. The van der Waals surface area contributed by atoms with E-state index in [0.29, 0.717) is 13.1 Å². The molecular weight excluding hydrogens is 210 g/mol. The third kappa shape index (κ3) is 5.22. The first-order valence-electron chi connectivity index (χ1n) is 4.96. The number of likely N-dealkylation sites (N-methyl/N-ethyl adjacent to an activating group) is 1. The van der Waals surface area contributed by atoms with Gasteiger partial charge in [-0.15, -0.1) is 11.3 Å². The lowest BCUT2D eigenvalue weighted by atomic mass is 10.1. The molecule has 1 rings (SSSR count). The molecule has 1 atom stereocenters. The van der Waals surface area contributed by atoms with E-state index in [4.69, 9.17) is 0 Å². The molecule has 0 fully saturated rings. The van der Waals surface area contributed by atoms with Gasteiger partial charge in [-0.05, 0) is 21.0 Å². The molecule has 1 heterocycles. The summed E-state index contributed by atoms with van der Waals surface area (Å²) >= 11 is 1.62. The highest BCUT2D eigenvalue weighted by atomic mass is 32.1. The molecule has 4 nitrogen and oxygen atoms in total. The molecule has 0 spiro atoms. The van der Waals surface area contributed by atoms with Gasteiger partial charge in [-0.3, -0.25) is 0 Å². The van der Waals surface area contributed by atoms with E-state index in [2.05, 4.69) is 10.3 Å². The highest BCUT2D eigenvalue weighted by molar-refractivity contribution is 7.09. The molecule has 0 aromatic carbocycles. The van der Waals surface area contributed by atoms with Crippen LogP contribution in [0.5, 0.6) is 0 Å². The quantitative estimate of drug-likeness (QED) is 0.748. The van der Waals surface area contributed by atoms with Crippen LogP contribution < -0.4 is 5.32 Å². The minimum atomic E-state index is -0.694. The molecule has 5 heteroatoms. The van der Waals surface area contributed by atoms with Crippen molar-refractivity contribution in [1.29, 1.82) is 0 Å². The second-order valence-corrected chi connectivity index (χ2v) is 5.24. The van der Waals surface area contributed by atoms with Crippen LogP contribution in [-0.2, 0) is 6.54 Å². The van der Waals surface area contributed by atoms with Crippen molar-refractivity contribution in [3.8, 4) is 0 Å². The van der Waals surface area contributed by atoms with Crippen LogP contribution in [0.1, 0.15) is 11.9 Å². The number of nitrogens with one attached hydrogen (secondary N) is 1. The van der Waals surface area contributed by atoms with E-state index < -0.39 is 5.60 Å². The summed E-state index contributed by atoms with van der Waals surface area (Å²) in [7, 11) is 3.91. The van der Waals surface area contributed by atoms with Gasteiger partial charge in [0.15, 0.2) is 0 Å². The van der Waals surface area contributed by atoms with Gasteiger partial charge in [-0.1, -0.05) is 0 Å². The summed E-state index contributed by atoms with van der Waals surface area (Å²) < 4.78 is 0. The Kier molecular flexibility index (Phi) is 4.66. The van der Waals surface area contributed by atoms with Crippen molar-refractivity contribution in [3.05, 3.63) is 16.6 Å². The Balaban J connectivity index is 2.24. The molecule has 0 saturated heterocycles. The Morgan fingerprint density at radius 2 is 2.33 bits per heavy atom. The summed E-state index contributed by atoms with van der Waals surface area (Å²) in [4.78, 5) is 6.14. The first kappa shape index (κ1) is 12.6. The lowest BCUT2D eigenvalue weighted by molar-refractivity contribution is 0.0336. The van der Waals surface area contributed by atoms with E-state index in [0.717, 1.165) is 11.6 Å². The number of nitrogens with zero attached hydrogens (tertiary/aromatic N) is 2. The van der Waals surface area contributed by atoms with Gasteiger partial charge in [-0.2, -0.15) is 0 Å². The fourth-order valence-corrected chi connectivity index (χ4v) is 2.10. The molecule has 1 aromatic heterocycles. The maximum Gasteiger partial charge on any atom is 0.106 e. The van der Waals surface area contributed by atoms with Crippen LogP contribution in [0.25, 0.3) is 0 Å². The van der Waals surface area contributed by atoms with Crippen LogP contribution >= 0.6 is 11.3 Å². The third-order valence-corrected chi connectivity index (χ3v) is 2.70. The molecule has 1 aromatic rings. The fraction of sp³-hybridized carbons (Fsp3) is 0.700. The molecule has 0 saturated carbocycles. The van der Waals surface area contributed by atoms with Gasteiger partial charge in [0.1, 0.15) is 5.01 Å². The van der Waals surface area contributed by atoms with Crippen molar-refractivity contribution in [3.63, 3.8) is 0 Å². The van der Waals surface area contributed by atoms with Crippen molar-refractivity contribution in [2.75, 3.05) is 27.2 Å². The fourth-order valence-electron chi connectivity index (χ4n) is 1.52. The molecular formula is C10H19N3OS. The molecule has 86 valence electrons.